The van der Waals surface area contributed by atoms with E-state index in [0.29, 0.717) is 6.54 Å². The Morgan fingerprint density at radius 3 is 2.59 bits per heavy atom. The molecule has 1 saturated heterocycles. The topological polar surface area (TPSA) is 54.5 Å². The average Bonchev–Trinajstić information content (AvgIpc) is 3.23. The molecule has 4 rings (SSSR count). The summed E-state index contributed by atoms with van der Waals surface area (Å²) in [7, 11) is 0. The molecule has 1 aliphatic heterocycles. The van der Waals surface area contributed by atoms with Gasteiger partial charge in [-0.25, -0.2) is 4.98 Å². The Kier molecular flexibility index (Phi) is 6.17. The number of aryl methyl sites for hydroxylation is 2. The number of amides is 1. The van der Waals surface area contributed by atoms with Crippen LogP contribution in [0.15, 0.2) is 28.8 Å². The fourth-order valence-electron chi connectivity index (χ4n) is 4.63. The highest BCUT2D eigenvalue weighted by Crippen LogP contribution is 2.27. The molecule has 1 aromatic carbocycles. The SMILES string of the molecule is CCn1c(C)c(C)c2cc(C(=O)N3CCCN(Cc4ncc(C(C)(C)C)o4)CC3)ccc21. The van der Waals surface area contributed by atoms with Crippen molar-refractivity contribution in [1.82, 2.24) is 19.4 Å². The van der Waals surface area contributed by atoms with Crippen molar-refractivity contribution in [3.8, 4) is 0 Å². The quantitative estimate of drug-likeness (QED) is 0.583. The predicted octanol–water partition coefficient (Wildman–Crippen LogP) is 4.91. The third-order valence-electron chi connectivity index (χ3n) is 6.73. The first-order chi connectivity index (χ1) is 15.2. The van der Waals surface area contributed by atoms with E-state index in [-0.39, 0.29) is 11.3 Å². The maximum atomic E-state index is 13.3. The lowest BCUT2D eigenvalue weighted by molar-refractivity contribution is 0.0761. The van der Waals surface area contributed by atoms with E-state index >= 15 is 0 Å². The van der Waals surface area contributed by atoms with E-state index in [2.05, 4.69) is 68.1 Å². The molecule has 2 aromatic heterocycles. The largest absolute Gasteiger partial charge is 0.444 e. The standard InChI is InChI=1S/C26H36N4O2/c1-7-30-19(3)18(2)21-15-20(9-10-22(21)30)25(31)29-12-8-11-28(13-14-29)17-24-27-16-23(32-24)26(4,5)6/h9-10,15-16H,7-8,11-14,17H2,1-6H3. The van der Waals surface area contributed by atoms with E-state index in [4.69, 9.17) is 4.42 Å². The van der Waals surface area contributed by atoms with Crippen LogP contribution in [0.1, 0.15) is 67.4 Å². The van der Waals surface area contributed by atoms with Gasteiger partial charge in [0, 0.05) is 60.3 Å². The summed E-state index contributed by atoms with van der Waals surface area (Å²) in [6, 6.07) is 6.17. The molecule has 0 N–H and O–H groups in total. The maximum absolute atomic E-state index is 13.3. The smallest absolute Gasteiger partial charge is 0.253 e. The van der Waals surface area contributed by atoms with E-state index in [1.165, 1.54) is 22.2 Å². The molecule has 0 atom stereocenters. The minimum atomic E-state index is -0.0383. The van der Waals surface area contributed by atoms with Crippen LogP contribution in [0.2, 0.25) is 0 Å². The van der Waals surface area contributed by atoms with Crippen LogP contribution >= 0.6 is 0 Å². The third-order valence-corrected chi connectivity index (χ3v) is 6.73. The second-order valence-corrected chi connectivity index (χ2v) is 9.98. The summed E-state index contributed by atoms with van der Waals surface area (Å²) in [6.07, 6.45) is 2.79. The molecule has 3 heterocycles. The number of hydrogen-bond acceptors (Lipinski definition) is 4. The zero-order valence-electron chi connectivity index (χ0n) is 20.4. The Morgan fingerprint density at radius 1 is 1.12 bits per heavy atom. The van der Waals surface area contributed by atoms with Crippen LogP contribution < -0.4 is 0 Å². The summed E-state index contributed by atoms with van der Waals surface area (Å²) >= 11 is 0. The van der Waals surface area contributed by atoms with E-state index in [0.717, 1.165) is 56.4 Å². The summed E-state index contributed by atoms with van der Waals surface area (Å²) in [5.41, 5.74) is 4.49. The van der Waals surface area contributed by atoms with Crippen molar-refractivity contribution in [2.75, 3.05) is 26.2 Å². The molecular formula is C26H36N4O2. The number of oxazole rings is 1. The molecule has 32 heavy (non-hydrogen) atoms. The van der Waals surface area contributed by atoms with E-state index in [1.807, 2.05) is 17.2 Å². The number of carbonyl (C=O) groups excluding carboxylic acids is 1. The highest BCUT2D eigenvalue weighted by atomic mass is 16.4. The summed E-state index contributed by atoms with van der Waals surface area (Å²) in [4.78, 5) is 22.1. The van der Waals surface area contributed by atoms with E-state index < -0.39 is 0 Å². The van der Waals surface area contributed by atoms with Crippen LogP contribution in [0.4, 0.5) is 0 Å². The fourth-order valence-corrected chi connectivity index (χ4v) is 4.63. The Morgan fingerprint density at radius 2 is 1.91 bits per heavy atom. The molecule has 0 spiro atoms. The second-order valence-electron chi connectivity index (χ2n) is 9.98. The van der Waals surface area contributed by atoms with Crippen molar-refractivity contribution in [1.29, 1.82) is 0 Å². The lowest BCUT2D eigenvalue weighted by Crippen LogP contribution is -2.35. The molecule has 0 saturated carbocycles. The molecule has 0 bridgehead atoms. The van der Waals surface area contributed by atoms with E-state index in [1.54, 1.807) is 0 Å². The van der Waals surface area contributed by atoms with Crippen molar-refractivity contribution in [2.24, 2.45) is 0 Å². The van der Waals surface area contributed by atoms with Crippen molar-refractivity contribution in [3.05, 3.63) is 52.9 Å². The molecule has 0 aliphatic carbocycles. The lowest BCUT2D eigenvalue weighted by Gasteiger charge is -2.21. The van der Waals surface area contributed by atoms with Crippen LogP contribution in [-0.4, -0.2) is 51.4 Å². The average molecular weight is 437 g/mol. The van der Waals surface area contributed by atoms with Gasteiger partial charge >= 0.3 is 0 Å². The van der Waals surface area contributed by atoms with Gasteiger partial charge in [-0.15, -0.1) is 0 Å². The van der Waals surface area contributed by atoms with Gasteiger partial charge in [-0.05, 0) is 51.0 Å². The zero-order chi connectivity index (χ0) is 23.0. The number of aromatic nitrogens is 2. The van der Waals surface area contributed by atoms with Gasteiger partial charge in [0.25, 0.3) is 5.91 Å². The first-order valence-corrected chi connectivity index (χ1v) is 11.7. The summed E-state index contributed by atoms with van der Waals surface area (Å²) in [6.45, 7) is 17.7. The molecule has 3 aromatic rings. The molecule has 0 unspecified atom stereocenters. The lowest BCUT2D eigenvalue weighted by atomic mass is 9.94. The minimum absolute atomic E-state index is 0.0383. The molecule has 6 nitrogen and oxygen atoms in total. The van der Waals surface area contributed by atoms with Gasteiger partial charge < -0.3 is 13.9 Å². The normalized spacial score (nSPS) is 16.0. The van der Waals surface area contributed by atoms with E-state index in [9.17, 15) is 4.79 Å². The van der Waals surface area contributed by atoms with Crippen molar-refractivity contribution < 1.29 is 9.21 Å². The molecule has 1 fully saturated rings. The predicted molar refractivity (Wildman–Crippen MR) is 128 cm³/mol. The van der Waals surface area contributed by atoms with Crippen LogP contribution in [0.25, 0.3) is 10.9 Å². The highest BCUT2D eigenvalue weighted by molar-refractivity contribution is 5.99. The highest BCUT2D eigenvalue weighted by Gasteiger charge is 2.24. The van der Waals surface area contributed by atoms with Crippen LogP contribution in [0.5, 0.6) is 0 Å². The van der Waals surface area contributed by atoms with Crippen molar-refractivity contribution >= 4 is 16.8 Å². The van der Waals surface area contributed by atoms with Crippen LogP contribution in [-0.2, 0) is 18.5 Å². The molecular weight excluding hydrogens is 400 g/mol. The minimum Gasteiger partial charge on any atom is -0.444 e. The summed E-state index contributed by atoms with van der Waals surface area (Å²) in [5, 5.41) is 1.19. The Balaban J connectivity index is 1.44. The maximum Gasteiger partial charge on any atom is 0.253 e. The molecule has 6 heteroatoms. The summed E-state index contributed by atoms with van der Waals surface area (Å²) < 4.78 is 8.29. The number of rotatable bonds is 4. The van der Waals surface area contributed by atoms with Gasteiger partial charge in [0.2, 0.25) is 5.89 Å². The second kappa shape index (κ2) is 8.74. The molecule has 1 amide bonds. The van der Waals surface area contributed by atoms with Crippen molar-refractivity contribution in [2.45, 2.75) is 66.5 Å². The van der Waals surface area contributed by atoms with Gasteiger partial charge in [0.1, 0.15) is 5.76 Å². The Labute approximate surface area is 191 Å². The first-order valence-electron chi connectivity index (χ1n) is 11.7. The Hall–Kier alpha value is -2.60. The van der Waals surface area contributed by atoms with Gasteiger partial charge in [-0.3, -0.25) is 9.69 Å². The number of hydrogen-bond donors (Lipinski definition) is 0. The first kappa shape index (κ1) is 22.6. The molecule has 172 valence electrons. The number of nitrogens with zero attached hydrogens (tertiary/aromatic N) is 4. The molecule has 1 aliphatic rings. The number of benzene rings is 1. The van der Waals surface area contributed by atoms with Crippen LogP contribution in [0, 0.1) is 13.8 Å². The van der Waals surface area contributed by atoms with Gasteiger partial charge in [0.05, 0.1) is 12.7 Å². The number of fused-ring (bicyclic) bond motifs is 1. The van der Waals surface area contributed by atoms with Crippen LogP contribution in [0.3, 0.4) is 0 Å². The van der Waals surface area contributed by atoms with Crippen molar-refractivity contribution in [3.63, 3.8) is 0 Å². The summed E-state index contributed by atoms with van der Waals surface area (Å²) in [5.74, 6) is 1.80. The monoisotopic (exact) mass is 436 g/mol. The molecule has 0 radical (unpaired) electrons. The third kappa shape index (κ3) is 4.33. The number of carbonyl (C=O) groups is 1. The zero-order valence-corrected chi connectivity index (χ0v) is 20.4. The van der Waals surface area contributed by atoms with Gasteiger partial charge in [0.15, 0.2) is 0 Å². The Bertz CT molecular complexity index is 1120. The fraction of sp³-hybridized carbons (Fsp3) is 0.538. The van der Waals surface area contributed by atoms with Gasteiger partial charge in [-0.2, -0.15) is 0 Å². The van der Waals surface area contributed by atoms with Gasteiger partial charge in [-0.1, -0.05) is 20.8 Å².